The Hall–Kier alpha value is -1.75. The van der Waals surface area contributed by atoms with Crippen LogP contribution in [0.1, 0.15) is 36.8 Å². The van der Waals surface area contributed by atoms with Gasteiger partial charge in [0.1, 0.15) is 6.67 Å². The molecule has 1 saturated carbocycles. The molecule has 0 radical (unpaired) electrons. The lowest BCUT2D eigenvalue weighted by Crippen LogP contribution is -2.31. The predicted molar refractivity (Wildman–Crippen MR) is 88.8 cm³/mol. The van der Waals surface area contributed by atoms with E-state index in [1.807, 2.05) is 13.8 Å². The summed E-state index contributed by atoms with van der Waals surface area (Å²) in [6, 6.07) is 0.516. The van der Waals surface area contributed by atoms with Crippen LogP contribution in [0.4, 0.5) is 5.69 Å². The van der Waals surface area contributed by atoms with Crippen molar-refractivity contribution < 1.29 is 4.42 Å². The molecule has 0 spiro atoms. The van der Waals surface area contributed by atoms with Gasteiger partial charge < -0.3 is 15.1 Å². The largest absolute Gasteiger partial charge is 0.432 e. The van der Waals surface area contributed by atoms with Crippen LogP contribution >= 0.6 is 11.6 Å². The lowest BCUT2D eigenvalue weighted by Gasteiger charge is -2.15. The molecule has 2 N–H and O–H groups in total. The summed E-state index contributed by atoms with van der Waals surface area (Å²) in [5.74, 6) is 2.34. The third kappa shape index (κ3) is 1.99. The van der Waals surface area contributed by atoms with E-state index in [2.05, 4.69) is 27.5 Å². The van der Waals surface area contributed by atoms with E-state index in [4.69, 9.17) is 16.0 Å². The van der Waals surface area contributed by atoms with E-state index in [9.17, 15) is 0 Å². The van der Waals surface area contributed by atoms with Crippen LogP contribution in [0.3, 0.4) is 0 Å². The van der Waals surface area contributed by atoms with Gasteiger partial charge in [-0.25, -0.2) is 9.98 Å². The highest BCUT2D eigenvalue weighted by atomic mass is 35.5. The average Bonchev–Trinajstić information content (AvgIpc) is 3.15. The number of pyridine rings is 1. The van der Waals surface area contributed by atoms with Crippen molar-refractivity contribution in [3.63, 3.8) is 0 Å². The van der Waals surface area contributed by atoms with Crippen molar-refractivity contribution in [3.8, 4) is 0 Å². The fraction of sp³-hybridized carbons (Fsp3) is 0.500. The van der Waals surface area contributed by atoms with Gasteiger partial charge in [-0.3, -0.25) is 0 Å². The summed E-state index contributed by atoms with van der Waals surface area (Å²) in [4.78, 5) is 9.01. The normalized spacial score (nSPS) is 23.0. The smallest absolute Gasteiger partial charge is 0.229 e. The molecule has 2 atom stereocenters. The van der Waals surface area contributed by atoms with Crippen LogP contribution < -0.4 is 10.6 Å². The summed E-state index contributed by atoms with van der Waals surface area (Å²) in [7, 11) is 0. The fourth-order valence-electron chi connectivity index (χ4n) is 3.20. The number of aromatic nitrogens is 1. The second-order valence-corrected chi connectivity index (χ2v) is 6.50. The Morgan fingerprint density at radius 2 is 2.23 bits per heavy atom. The summed E-state index contributed by atoms with van der Waals surface area (Å²) in [6.45, 7) is 6.66. The number of anilines is 1. The summed E-state index contributed by atoms with van der Waals surface area (Å²) in [5.41, 5.74) is 3.36. The monoisotopic (exact) mass is 318 g/mol. The highest BCUT2D eigenvalue weighted by Crippen LogP contribution is 2.39. The minimum atomic E-state index is 0.516. The number of hydrogen-bond donors (Lipinski definition) is 2. The summed E-state index contributed by atoms with van der Waals surface area (Å²) < 4.78 is 5.99. The van der Waals surface area contributed by atoms with Gasteiger partial charge in [-0.15, -0.1) is 0 Å². The molecular formula is C16H19ClN4O. The van der Waals surface area contributed by atoms with Gasteiger partial charge in [-0.2, -0.15) is 0 Å². The molecule has 0 saturated heterocycles. The van der Waals surface area contributed by atoms with Gasteiger partial charge in [0.25, 0.3) is 0 Å². The van der Waals surface area contributed by atoms with E-state index in [1.54, 1.807) is 0 Å². The van der Waals surface area contributed by atoms with Crippen molar-refractivity contribution in [1.29, 1.82) is 0 Å². The van der Waals surface area contributed by atoms with Gasteiger partial charge in [0.15, 0.2) is 11.6 Å². The van der Waals surface area contributed by atoms with Gasteiger partial charge in [-0.1, -0.05) is 24.9 Å². The van der Waals surface area contributed by atoms with E-state index in [0.717, 1.165) is 39.8 Å². The van der Waals surface area contributed by atoms with Crippen molar-refractivity contribution in [3.05, 3.63) is 22.0 Å². The van der Waals surface area contributed by atoms with Crippen LogP contribution in [-0.4, -0.2) is 23.5 Å². The van der Waals surface area contributed by atoms with Crippen LogP contribution in [0.2, 0.25) is 5.02 Å². The molecule has 22 heavy (non-hydrogen) atoms. The third-order valence-corrected chi connectivity index (χ3v) is 5.21. The van der Waals surface area contributed by atoms with Gasteiger partial charge >= 0.3 is 0 Å². The molecule has 5 nitrogen and oxygen atoms in total. The first kappa shape index (κ1) is 13.9. The summed E-state index contributed by atoms with van der Waals surface area (Å²) >= 11 is 6.35. The average molecular weight is 319 g/mol. The number of furan rings is 1. The van der Waals surface area contributed by atoms with Crippen LogP contribution in [0.15, 0.2) is 9.41 Å². The quantitative estimate of drug-likeness (QED) is 0.888. The van der Waals surface area contributed by atoms with Crippen LogP contribution in [0.5, 0.6) is 0 Å². The van der Waals surface area contributed by atoms with Crippen molar-refractivity contribution in [2.24, 2.45) is 10.9 Å². The molecule has 2 aliphatic rings. The maximum Gasteiger partial charge on any atom is 0.229 e. The number of halogens is 1. The molecule has 6 heteroatoms. The molecule has 2 unspecified atom stereocenters. The zero-order valence-corrected chi connectivity index (χ0v) is 13.7. The highest BCUT2D eigenvalue weighted by molar-refractivity contribution is 6.33. The van der Waals surface area contributed by atoms with E-state index in [1.165, 1.54) is 12.8 Å². The van der Waals surface area contributed by atoms with Crippen molar-refractivity contribution in [2.75, 3.05) is 12.0 Å². The Morgan fingerprint density at radius 3 is 2.95 bits per heavy atom. The first-order valence-electron chi connectivity index (χ1n) is 7.74. The maximum absolute atomic E-state index is 6.35. The second kappa shape index (κ2) is 4.88. The van der Waals surface area contributed by atoms with Gasteiger partial charge in [0.05, 0.1) is 21.8 Å². The Kier molecular flexibility index (Phi) is 3.08. The van der Waals surface area contributed by atoms with Gasteiger partial charge in [-0.05, 0) is 31.7 Å². The van der Waals surface area contributed by atoms with E-state index < -0.39 is 0 Å². The summed E-state index contributed by atoms with van der Waals surface area (Å²) in [6.07, 6.45) is 2.41. The lowest BCUT2D eigenvalue weighted by molar-refractivity contribution is 0.582. The number of aliphatic imine (C=N–C) groups is 1. The number of nitrogens with zero attached hydrogens (tertiary/aromatic N) is 2. The third-order valence-electron chi connectivity index (χ3n) is 4.66. The Balaban J connectivity index is 1.79. The first-order valence-corrected chi connectivity index (χ1v) is 8.12. The zero-order chi connectivity index (χ0) is 15.4. The molecule has 4 rings (SSSR count). The zero-order valence-electron chi connectivity index (χ0n) is 13.0. The highest BCUT2D eigenvalue weighted by Gasteiger charge is 2.37. The Labute approximate surface area is 134 Å². The first-order chi connectivity index (χ1) is 10.6. The van der Waals surface area contributed by atoms with Crippen LogP contribution in [-0.2, 0) is 0 Å². The number of fused-ring (bicyclic) bond motifs is 3. The molecule has 2 aromatic heterocycles. The molecule has 1 aliphatic heterocycles. The van der Waals surface area contributed by atoms with Gasteiger partial charge in [0, 0.05) is 6.04 Å². The fourth-order valence-corrected chi connectivity index (χ4v) is 3.33. The van der Waals surface area contributed by atoms with E-state index in [-0.39, 0.29) is 0 Å². The molecule has 1 aliphatic carbocycles. The van der Waals surface area contributed by atoms with E-state index >= 15 is 0 Å². The molecular weight excluding hydrogens is 300 g/mol. The SMILES string of the molecule is CCC1CC1NC1=NCNc2c1oc1nc(C)c(Cl)c(C)c21. The van der Waals surface area contributed by atoms with Gasteiger partial charge in [0.2, 0.25) is 5.71 Å². The Bertz CT molecular complexity index is 795. The molecule has 1 fully saturated rings. The lowest BCUT2D eigenvalue weighted by atomic mass is 10.1. The minimum absolute atomic E-state index is 0.516. The standard InChI is InChI=1S/C16H19ClN4O/c1-4-9-5-10(9)21-15-14-13(18-6-19-15)11-7(2)12(17)8(3)20-16(11)22-14/h9-10,18H,4-6H2,1-3H3,(H,19,21). The molecule has 0 aromatic carbocycles. The molecule has 2 aromatic rings. The molecule has 0 amide bonds. The number of nitrogens with one attached hydrogen (secondary N) is 2. The predicted octanol–water partition coefficient (Wildman–Crippen LogP) is 3.62. The van der Waals surface area contributed by atoms with Crippen molar-refractivity contribution in [2.45, 2.75) is 39.7 Å². The van der Waals surface area contributed by atoms with Crippen molar-refractivity contribution >= 4 is 34.2 Å². The topological polar surface area (TPSA) is 62.5 Å². The van der Waals surface area contributed by atoms with Crippen molar-refractivity contribution in [1.82, 2.24) is 10.3 Å². The number of aryl methyl sites for hydroxylation is 2. The van der Waals surface area contributed by atoms with Crippen LogP contribution in [0.25, 0.3) is 11.1 Å². The molecule has 0 bridgehead atoms. The van der Waals surface area contributed by atoms with Crippen LogP contribution in [0, 0.1) is 19.8 Å². The number of rotatable bonds is 2. The number of amidine groups is 1. The molecule has 116 valence electrons. The maximum atomic E-state index is 6.35. The van der Waals surface area contributed by atoms with E-state index in [0.29, 0.717) is 23.4 Å². The summed E-state index contributed by atoms with van der Waals surface area (Å²) in [5, 5.41) is 8.48. The number of hydrogen-bond acceptors (Lipinski definition) is 5. The molecule has 3 heterocycles. The second-order valence-electron chi connectivity index (χ2n) is 6.12. The Morgan fingerprint density at radius 1 is 1.41 bits per heavy atom. The minimum Gasteiger partial charge on any atom is -0.432 e.